The molecule has 36 heavy (non-hydrogen) atoms. The summed E-state index contributed by atoms with van der Waals surface area (Å²) >= 11 is 0. The molecule has 0 bridgehead atoms. The van der Waals surface area contributed by atoms with Gasteiger partial charge in [-0.2, -0.15) is 5.10 Å². The minimum absolute atomic E-state index is 0.137. The Bertz CT molecular complexity index is 1180. The SMILES string of the molecule is CC=O.CCCC(C)N(C)CC(=O)N(CC)c1ccc2cc(-c3n[nH]c4c3CCC(C)(C)C4)[nH]c2c1. The summed E-state index contributed by atoms with van der Waals surface area (Å²) in [5, 5.41) is 9.09. The van der Waals surface area contributed by atoms with Gasteiger partial charge in [-0.05, 0) is 77.1 Å². The van der Waals surface area contributed by atoms with E-state index in [0.29, 0.717) is 24.5 Å². The first-order valence-corrected chi connectivity index (χ1v) is 13.2. The van der Waals surface area contributed by atoms with E-state index in [9.17, 15) is 4.79 Å². The zero-order chi connectivity index (χ0) is 26.5. The van der Waals surface area contributed by atoms with E-state index in [1.54, 1.807) is 0 Å². The van der Waals surface area contributed by atoms with Crippen molar-refractivity contribution in [2.75, 3.05) is 25.0 Å². The number of rotatable bonds is 8. The third kappa shape index (κ3) is 6.25. The number of benzene rings is 1. The Kier molecular flexibility index (Phi) is 9.12. The first-order chi connectivity index (χ1) is 17.1. The highest BCUT2D eigenvalue weighted by Crippen LogP contribution is 2.38. The number of aromatic amines is 2. The van der Waals surface area contributed by atoms with Crippen molar-refractivity contribution >= 4 is 28.8 Å². The molecule has 2 N–H and O–H groups in total. The summed E-state index contributed by atoms with van der Waals surface area (Å²) < 4.78 is 0. The van der Waals surface area contributed by atoms with Crippen LogP contribution < -0.4 is 4.90 Å². The van der Waals surface area contributed by atoms with E-state index in [-0.39, 0.29) is 5.91 Å². The van der Waals surface area contributed by atoms with Crippen LogP contribution in [-0.2, 0) is 22.4 Å². The number of carbonyl (C=O) groups is 2. The van der Waals surface area contributed by atoms with Crippen LogP contribution in [0.25, 0.3) is 22.3 Å². The Morgan fingerprint density at radius 1 is 1.25 bits per heavy atom. The molecule has 1 unspecified atom stereocenters. The molecular formula is C29H43N5O2. The quantitative estimate of drug-likeness (QED) is 0.391. The van der Waals surface area contributed by atoms with E-state index >= 15 is 0 Å². The van der Waals surface area contributed by atoms with E-state index in [2.05, 4.69) is 72.0 Å². The van der Waals surface area contributed by atoms with Gasteiger partial charge in [-0.3, -0.25) is 14.8 Å². The topological polar surface area (TPSA) is 85.1 Å². The molecule has 2 heterocycles. The number of carbonyl (C=O) groups excluding carboxylic acids is 2. The second-order valence-electron chi connectivity index (χ2n) is 10.8. The molecule has 1 aromatic carbocycles. The molecule has 0 radical (unpaired) electrons. The molecular weight excluding hydrogens is 450 g/mol. The van der Waals surface area contributed by atoms with E-state index < -0.39 is 0 Å². The van der Waals surface area contributed by atoms with Crippen LogP contribution in [0.15, 0.2) is 24.3 Å². The lowest BCUT2D eigenvalue weighted by molar-refractivity contribution is -0.119. The third-order valence-electron chi connectivity index (χ3n) is 7.29. The molecule has 1 amide bonds. The predicted molar refractivity (Wildman–Crippen MR) is 148 cm³/mol. The van der Waals surface area contributed by atoms with Crippen molar-refractivity contribution in [1.29, 1.82) is 0 Å². The van der Waals surface area contributed by atoms with Crippen LogP contribution in [0.1, 0.15) is 72.1 Å². The van der Waals surface area contributed by atoms with Gasteiger partial charge in [0.05, 0.1) is 12.2 Å². The number of hydrogen-bond acceptors (Lipinski definition) is 4. The summed E-state index contributed by atoms with van der Waals surface area (Å²) in [5.74, 6) is 0.137. The monoisotopic (exact) mass is 493 g/mol. The first kappa shape index (κ1) is 27.7. The van der Waals surface area contributed by atoms with Crippen LogP contribution in [0.5, 0.6) is 0 Å². The molecule has 0 spiro atoms. The lowest BCUT2D eigenvalue weighted by Crippen LogP contribution is -2.42. The van der Waals surface area contributed by atoms with Crippen LogP contribution in [0.2, 0.25) is 0 Å². The highest BCUT2D eigenvalue weighted by molar-refractivity contribution is 5.97. The number of amides is 1. The molecule has 1 aliphatic carbocycles. The van der Waals surface area contributed by atoms with Gasteiger partial charge in [-0.15, -0.1) is 0 Å². The van der Waals surface area contributed by atoms with Crippen molar-refractivity contribution < 1.29 is 9.59 Å². The number of anilines is 1. The number of aromatic nitrogens is 3. The van der Waals surface area contributed by atoms with E-state index in [0.717, 1.165) is 59.9 Å². The summed E-state index contributed by atoms with van der Waals surface area (Å²) in [7, 11) is 2.04. The normalized spacial score (nSPS) is 15.2. The maximum absolute atomic E-state index is 13.1. The number of hydrogen-bond donors (Lipinski definition) is 2. The number of fused-ring (bicyclic) bond motifs is 2. The maximum Gasteiger partial charge on any atom is 0.241 e. The summed E-state index contributed by atoms with van der Waals surface area (Å²) in [6.45, 7) is 13.6. The van der Waals surface area contributed by atoms with Crippen molar-refractivity contribution in [2.45, 2.75) is 79.7 Å². The number of aldehydes is 1. The van der Waals surface area contributed by atoms with E-state index in [1.165, 1.54) is 24.6 Å². The molecule has 0 saturated carbocycles. The zero-order valence-corrected chi connectivity index (χ0v) is 23.1. The summed E-state index contributed by atoms with van der Waals surface area (Å²) in [5.41, 5.74) is 6.99. The number of likely N-dealkylation sites (N-methyl/N-ethyl adjacent to an activating group) is 2. The van der Waals surface area contributed by atoms with Gasteiger partial charge in [0.15, 0.2) is 0 Å². The average molecular weight is 494 g/mol. The Morgan fingerprint density at radius 3 is 2.64 bits per heavy atom. The Morgan fingerprint density at radius 2 is 1.97 bits per heavy atom. The van der Waals surface area contributed by atoms with Crippen LogP contribution in [0.3, 0.4) is 0 Å². The largest absolute Gasteiger partial charge is 0.353 e. The Hall–Kier alpha value is -2.93. The van der Waals surface area contributed by atoms with Gasteiger partial charge in [0.2, 0.25) is 5.91 Å². The first-order valence-electron chi connectivity index (χ1n) is 13.2. The molecule has 1 aliphatic rings. The van der Waals surface area contributed by atoms with Gasteiger partial charge in [0.1, 0.15) is 12.0 Å². The van der Waals surface area contributed by atoms with E-state index in [1.807, 2.05) is 18.9 Å². The highest BCUT2D eigenvalue weighted by Gasteiger charge is 2.29. The molecule has 0 saturated heterocycles. The standard InChI is InChI=1S/C27H39N5O.C2H4O/c1-7-9-18(3)31(6)17-25(33)32(8-2)20-11-10-19-14-23(28-22(19)15-20)26-21-12-13-27(4,5)16-24(21)29-30-26;1-2-3/h10-11,14-15,18,28H,7-9,12-13,16-17H2,1-6H3,(H,29,30);2H,1H3. The van der Waals surface area contributed by atoms with Gasteiger partial charge in [0.25, 0.3) is 0 Å². The second-order valence-corrected chi connectivity index (χ2v) is 10.8. The van der Waals surface area contributed by atoms with Crippen molar-refractivity contribution in [1.82, 2.24) is 20.1 Å². The number of H-pyrrole nitrogens is 2. The number of nitrogens with one attached hydrogen (secondary N) is 2. The van der Waals surface area contributed by atoms with Crippen LogP contribution in [0, 0.1) is 5.41 Å². The molecule has 7 nitrogen and oxygen atoms in total. The highest BCUT2D eigenvalue weighted by atomic mass is 16.2. The van der Waals surface area contributed by atoms with Crippen LogP contribution in [0.4, 0.5) is 5.69 Å². The van der Waals surface area contributed by atoms with Gasteiger partial charge < -0.3 is 14.7 Å². The lowest BCUT2D eigenvalue weighted by Gasteiger charge is -2.29. The smallest absolute Gasteiger partial charge is 0.241 e. The van der Waals surface area contributed by atoms with Gasteiger partial charge in [-0.25, -0.2) is 0 Å². The third-order valence-corrected chi connectivity index (χ3v) is 7.29. The fourth-order valence-electron chi connectivity index (χ4n) is 5.08. The van der Waals surface area contributed by atoms with Gasteiger partial charge >= 0.3 is 0 Å². The molecule has 3 aromatic rings. The predicted octanol–water partition coefficient (Wildman–Crippen LogP) is 5.75. The lowest BCUT2D eigenvalue weighted by atomic mass is 9.76. The van der Waals surface area contributed by atoms with Crippen molar-refractivity contribution in [3.63, 3.8) is 0 Å². The molecule has 0 aliphatic heterocycles. The van der Waals surface area contributed by atoms with Gasteiger partial charge in [-0.1, -0.05) is 33.3 Å². The average Bonchev–Trinajstić information content (AvgIpc) is 3.42. The second kappa shape index (κ2) is 11.9. The molecule has 2 aromatic heterocycles. The fraction of sp³-hybridized carbons (Fsp3) is 0.552. The van der Waals surface area contributed by atoms with Crippen LogP contribution in [-0.4, -0.2) is 58.5 Å². The molecule has 1 atom stereocenters. The minimum Gasteiger partial charge on any atom is -0.353 e. The Balaban J connectivity index is 0.00000115. The molecule has 196 valence electrons. The summed E-state index contributed by atoms with van der Waals surface area (Å²) in [6.07, 6.45) is 6.24. The maximum atomic E-state index is 13.1. The summed E-state index contributed by atoms with van der Waals surface area (Å²) in [6, 6.07) is 8.83. The zero-order valence-electron chi connectivity index (χ0n) is 23.1. The van der Waals surface area contributed by atoms with Crippen LogP contribution >= 0.6 is 0 Å². The molecule has 7 heteroatoms. The van der Waals surface area contributed by atoms with Crippen molar-refractivity contribution in [3.8, 4) is 11.4 Å². The van der Waals surface area contributed by atoms with Crippen molar-refractivity contribution in [3.05, 3.63) is 35.5 Å². The van der Waals surface area contributed by atoms with Gasteiger partial charge in [0, 0.05) is 40.4 Å². The minimum atomic E-state index is 0.137. The fourth-order valence-corrected chi connectivity index (χ4v) is 5.08. The van der Waals surface area contributed by atoms with E-state index in [4.69, 9.17) is 4.79 Å². The Labute approximate surface area is 215 Å². The van der Waals surface area contributed by atoms with Crippen molar-refractivity contribution in [2.24, 2.45) is 5.41 Å². The molecule has 0 fully saturated rings. The number of nitrogens with zero attached hydrogens (tertiary/aromatic N) is 3. The summed E-state index contributed by atoms with van der Waals surface area (Å²) in [4.78, 5) is 29.5. The molecule has 4 rings (SSSR count).